The van der Waals surface area contributed by atoms with Crippen LogP contribution in [0.2, 0.25) is 0 Å². The molecule has 0 spiro atoms. The lowest BCUT2D eigenvalue weighted by molar-refractivity contribution is -0.180. The third-order valence-corrected chi connectivity index (χ3v) is 4.65. The molecule has 0 saturated heterocycles. The second-order valence-electron chi connectivity index (χ2n) is 7.09. The molecule has 10 nitrogen and oxygen atoms in total. The number of aromatic nitrogens is 2. The van der Waals surface area contributed by atoms with Gasteiger partial charge in [-0.2, -0.15) is 0 Å². The van der Waals surface area contributed by atoms with Crippen LogP contribution in [0.1, 0.15) is 38.1 Å². The highest BCUT2D eigenvalue weighted by Gasteiger charge is 2.22. The lowest BCUT2D eigenvalue weighted by Gasteiger charge is -2.21. The largest absolute Gasteiger partial charge is 0.465 e. The minimum absolute atomic E-state index is 0.0268. The Hall–Kier alpha value is -3.79. The lowest BCUT2D eigenvalue weighted by Crippen LogP contribution is -2.34. The Balaban J connectivity index is 1.87. The fourth-order valence-electron chi connectivity index (χ4n) is 3.20. The Morgan fingerprint density at radius 3 is 2.62 bits per heavy atom. The molecule has 2 amide bonds. The molecular weight excluding hydrogens is 412 g/mol. The summed E-state index contributed by atoms with van der Waals surface area (Å²) < 4.78 is 0. The number of carboxylic acid groups (broad SMARTS) is 1. The fraction of sp³-hybridized carbons (Fsp3) is 0.318. The van der Waals surface area contributed by atoms with Gasteiger partial charge in [-0.1, -0.05) is 19.1 Å². The Bertz CT molecular complexity index is 1040. The predicted octanol–water partition coefficient (Wildman–Crippen LogP) is 2.88. The first-order chi connectivity index (χ1) is 15.4. The topological polar surface area (TPSA) is 143 Å². The standard InChI is InChI=1S/C22H26N6O4/c1-3-7-28(32-4-2)21(29)16-8-15-6-5-14(9-18(15)27-19(23)10-16)17-11-24-20(25-12-17)13-26-22(30)31/h5-6,8-9,11-12,26H,3-4,7,10,13H2,1-2H3,(H2,23,27)(H,30,31). The van der Waals surface area contributed by atoms with Crippen LogP contribution in [0.5, 0.6) is 0 Å². The highest BCUT2D eigenvalue weighted by Crippen LogP contribution is 2.31. The number of nitrogens with one attached hydrogen (secondary N) is 1. The molecule has 3 rings (SSSR count). The van der Waals surface area contributed by atoms with Gasteiger partial charge in [0.25, 0.3) is 5.91 Å². The number of fused-ring (bicyclic) bond motifs is 1. The molecule has 1 aromatic carbocycles. The molecule has 0 bridgehead atoms. The van der Waals surface area contributed by atoms with Crippen molar-refractivity contribution in [2.75, 3.05) is 13.2 Å². The van der Waals surface area contributed by atoms with E-state index in [-0.39, 0.29) is 18.9 Å². The summed E-state index contributed by atoms with van der Waals surface area (Å²) in [6.07, 6.45) is 4.90. The number of hydrogen-bond acceptors (Lipinski definition) is 7. The minimum Gasteiger partial charge on any atom is -0.465 e. The quantitative estimate of drug-likeness (QED) is 0.538. The summed E-state index contributed by atoms with van der Waals surface area (Å²) in [6.45, 7) is 4.73. The minimum atomic E-state index is -1.14. The number of nitrogens with zero attached hydrogens (tertiary/aromatic N) is 4. The van der Waals surface area contributed by atoms with E-state index in [9.17, 15) is 9.59 Å². The van der Waals surface area contributed by atoms with Crippen molar-refractivity contribution < 1.29 is 19.5 Å². The molecule has 10 heteroatoms. The van der Waals surface area contributed by atoms with E-state index in [4.69, 9.17) is 15.7 Å². The SMILES string of the molecule is CCCN(OCC)C(=O)C1=Cc2ccc(-c3cnc(CNC(=O)O)nc3)cc2N=C(N)C1. The number of amidine groups is 1. The molecule has 2 aromatic rings. The molecular formula is C22H26N6O4. The number of benzene rings is 1. The predicted molar refractivity (Wildman–Crippen MR) is 120 cm³/mol. The maximum Gasteiger partial charge on any atom is 0.405 e. The van der Waals surface area contributed by atoms with Crippen LogP contribution in [0.4, 0.5) is 10.5 Å². The number of carbonyl (C=O) groups excluding carboxylic acids is 1. The molecule has 0 atom stereocenters. The zero-order valence-corrected chi connectivity index (χ0v) is 18.0. The normalized spacial score (nSPS) is 12.8. The summed E-state index contributed by atoms with van der Waals surface area (Å²) in [5, 5.41) is 12.3. The van der Waals surface area contributed by atoms with Crippen LogP contribution in [0.3, 0.4) is 0 Å². The number of rotatable bonds is 8. The maximum atomic E-state index is 13.0. The van der Waals surface area contributed by atoms with E-state index in [1.54, 1.807) is 18.5 Å². The van der Waals surface area contributed by atoms with Crippen LogP contribution >= 0.6 is 0 Å². The third kappa shape index (κ3) is 5.67. The van der Waals surface area contributed by atoms with Gasteiger partial charge in [-0.05, 0) is 31.1 Å². The van der Waals surface area contributed by atoms with Crippen molar-refractivity contribution in [1.29, 1.82) is 0 Å². The van der Waals surface area contributed by atoms with E-state index in [1.165, 1.54) is 5.06 Å². The highest BCUT2D eigenvalue weighted by molar-refractivity contribution is 6.05. The van der Waals surface area contributed by atoms with E-state index in [2.05, 4.69) is 20.3 Å². The molecule has 1 aromatic heterocycles. The summed E-state index contributed by atoms with van der Waals surface area (Å²) in [4.78, 5) is 41.9. The first-order valence-corrected chi connectivity index (χ1v) is 10.3. The van der Waals surface area contributed by atoms with Crippen LogP contribution in [0.25, 0.3) is 17.2 Å². The summed E-state index contributed by atoms with van der Waals surface area (Å²) >= 11 is 0. The zero-order valence-electron chi connectivity index (χ0n) is 18.0. The first-order valence-electron chi connectivity index (χ1n) is 10.3. The second kappa shape index (κ2) is 10.5. The molecule has 1 aliphatic rings. The van der Waals surface area contributed by atoms with Crippen LogP contribution < -0.4 is 11.1 Å². The molecule has 4 N–H and O–H groups in total. The molecule has 168 valence electrons. The number of hydrogen-bond donors (Lipinski definition) is 3. The van der Waals surface area contributed by atoms with Gasteiger partial charge in [-0.3, -0.25) is 9.63 Å². The van der Waals surface area contributed by atoms with E-state index in [0.29, 0.717) is 36.1 Å². The number of amides is 2. The van der Waals surface area contributed by atoms with Gasteiger partial charge in [-0.15, -0.1) is 0 Å². The van der Waals surface area contributed by atoms with Gasteiger partial charge in [0.15, 0.2) is 0 Å². The second-order valence-corrected chi connectivity index (χ2v) is 7.09. The van der Waals surface area contributed by atoms with Crippen LogP contribution in [-0.4, -0.2) is 51.1 Å². The van der Waals surface area contributed by atoms with Crippen molar-refractivity contribution in [2.24, 2.45) is 10.7 Å². The molecule has 0 aliphatic carbocycles. The van der Waals surface area contributed by atoms with Crippen molar-refractivity contribution in [2.45, 2.75) is 33.2 Å². The van der Waals surface area contributed by atoms with Crippen molar-refractivity contribution >= 4 is 29.6 Å². The number of nitrogens with two attached hydrogens (primary N) is 1. The Labute approximate surface area is 185 Å². The smallest absolute Gasteiger partial charge is 0.405 e. The molecule has 0 saturated carbocycles. The number of hydroxylamine groups is 2. The Morgan fingerprint density at radius 2 is 1.97 bits per heavy atom. The monoisotopic (exact) mass is 438 g/mol. The molecule has 0 fully saturated rings. The van der Waals surface area contributed by atoms with Gasteiger partial charge in [0.05, 0.1) is 18.8 Å². The van der Waals surface area contributed by atoms with Gasteiger partial charge in [-0.25, -0.2) is 24.8 Å². The van der Waals surface area contributed by atoms with Crippen molar-refractivity contribution in [3.05, 3.63) is 47.6 Å². The van der Waals surface area contributed by atoms with E-state index in [0.717, 1.165) is 23.1 Å². The van der Waals surface area contributed by atoms with Crippen LogP contribution in [-0.2, 0) is 16.2 Å². The summed E-state index contributed by atoms with van der Waals surface area (Å²) in [5.41, 5.74) is 9.60. The zero-order chi connectivity index (χ0) is 23.1. The first kappa shape index (κ1) is 22.9. The maximum absolute atomic E-state index is 13.0. The van der Waals surface area contributed by atoms with E-state index >= 15 is 0 Å². The van der Waals surface area contributed by atoms with Crippen molar-refractivity contribution in [3.63, 3.8) is 0 Å². The summed E-state index contributed by atoms with van der Waals surface area (Å²) in [6, 6.07) is 5.60. The third-order valence-electron chi connectivity index (χ3n) is 4.65. The van der Waals surface area contributed by atoms with Gasteiger partial charge >= 0.3 is 6.09 Å². The van der Waals surface area contributed by atoms with Crippen molar-refractivity contribution in [1.82, 2.24) is 20.3 Å². The van der Waals surface area contributed by atoms with Gasteiger partial charge in [0, 0.05) is 42.1 Å². The highest BCUT2D eigenvalue weighted by atomic mass is 16.7. The Morgan fingerprint density at radius 1 is 1.22 bits per heavy atom. The van der Waals surface area contributed by atoms with Crippen LogP contribution in [0, 0.1) is 0 Å². The molecule has 1 aliphatic heterocycles. The van der Waals surface area contributed by atoms with Crippen molar-refractivity contribution in [3.8, 4) is 11.1 Å². The Kier molecular flexibility index (Phi) is 7.50. The lowest BCUT2D eigenvalue weighted by atomic mass is 10.0. The van der Waals surface area contributed by atoms with E-state index < -0.39 is 6.09 Å². The van der Waals surface area contributed by atoms with Crippen LogP contribution in [0.15, 0.2) is 41.2 Å². The molecule has 2 heterocycles. The number of carbonyl (C=O) groups is 2. The van der Waals surface area contributed by atoms with Gasteiger partial charge < -0.3 is 16.2 Å². The van der Waals surface area contributed by atoms with E-state index in [1.807, 2.05) is 32.0 Å². The van der Waals surface area contributed by atoms with Gasteiger partial charge in [0.1, 0.15) is 11.7 Å². The molecule has 32 heavy (non-hydrogen) atoms. The van der Waals surface area contributed by atoms with Gasteiger partial charge in [0.2, 0.25) is 0 Å². The average molecular weight is 438 g/mol. The fourth-order valence-corrected chi connectivity index (χ4v) is 3.20. The molecule has 0 unspecified atom stereocenters. The summed E-state index contributed by atoms with van der Waals surface area (Å²) in [5.74, 6) is 0.479. The average Bonchev–Trinajstić information content (AvgIpc) is 2.94. The molecule has 0 radical (unpaired) electrons. The number of aliphatic imine (C=N–C) groups is 1. The summed E-state index contributed by atoms with van der Waals surface area (Å²) in [7, 11) is 0.